The summed E-state index contributed by atoms with van der Waals surface area (Å²) in [6.45, 7) is 5.28. The first-order valence-electron chi connectivity index (χ1n) is 9.12. The van der Waals surface area contributed by atoms with Gasteiger partial charge in [-0.15, -0.1) is 11.3 Å². The number of aromatic nitrogens is 2. The van der Waals surface area contributed by atoms with Gasteiger partial charge < -0.3 is 20.2 Å². The number of anilines is 1. The van der Waals surface area contributed by atoms with E-state index in [2.05, 4.69) is 29.1 Å². The Labute approximate surface area is 171 Å². The topological polar surface area (TPSA) is 103 Å². The molecule has 1 aliphatic rings. The number of fused-ring (bicyclic) bond motifs is 3. The number of thiophene rings is 1. The second kappa shape index (κ2) is 8.10. The molecule has 0 saturated heterocycles. The SMILES string of the molecule is CC(C)[C@@H]1Cc2c(sc3nc(SCC(=O)NCc4ccco4)nc(N)c23)CO1. The molecule has 0 aliphatic carbocycles. The van der Waals surface area contributed by atoms with Crippen LogP contribution in [0.1, 0.15) is 30.0 Å². The van der Waals surface area contributed by atoms with Crippen LogP contribution in [0, 0.1) is 5.92 Å². The van der Waals surface area contributed by atoms with Crippen molar-refractivity contribution in [1.82, 2.24) is 15.3 Å². The summed E-state index contributed by atoms with van der Waals surface area (Å²) in [5, 5.41) is 4.27. The van der Waals surface area contributed by atoms with Crippen LogP contribution in [0.4, 0.5) is 5.82 Å². The van der Waals surface area contributed by atoms with Gasteiger partial charge in [-0.05, 0) is 23.6 Å². The highest BCUT2D eigenvalue weighted by Gasteiger charge is 2.27. The van der Waals surface area contributed by atoms with Crippen LogP contribution in [0.3, 0.4) is 0 Å². The molecule has 28 heavy (non-hydrogen) atoms. The Kier molecular flexibility index (Phi) is 5.56. The third-order valence-electron chi connectivity index (χ3n) is 4.69. The average Bonchev–Trinajstić information content (AvgIpc) is 3.31. The minimum absolute atomic E-state index is 0.109. The molecule has 3 aromatic rings. The smallest absolute Gasteiger partial charge is 0.230 e. The molecule has 0 aromatic carbocycles. The van der Waals surface area contributed by atoms with Crippen molar-refractivity contribution in [3.05, 3.63) is 34.6 Å². The van der Waals surface area contributed by atoms with Crippen LogP contribution < -0.4 is 11.1 Å². The summed E-state index contributed by atoms with van der Waals surface area (Å²) in [5.74, 6) is 1.74. The highest BCUT2D eigenvalue weighted by molar-refractivity contribution is 7.99. The fraction of sp³-hybridized carbons (Fsp3) is 0.421. The highest BCUT2D eigenvalue weighted by atomic mass is 32.2. The van der Waals surface area contributed by atoms with E-state index >= 15 is 0 Å². The number of carbonyl (C=O) groups excluding carboxylic acids is 1. The fourth-order valence-electron chi connectivity index (χ4n) is 3.16. The summed E-state index contributed by atoms with van der Waals surface area (Å²) in [5.41, 5.74) is 7.48. The number of nitrogens with one attached hydrogen (secondary N) is 1. The molecule has 1 aliphatic heterocycles. The monoisotopic (exact) mass is 418 g/mol. The Balaban J connectivity index is 1.45. The van der Waals surface area contributed by atoms with Crippen molar-refractivity contribution in [2.75, 3.05) is 11.5 Å². The predicted molar refractivity (Wildman–Crippen MR) is 110 cm³/mol. The molecule has 9 heteroatoms. The summed E-state index contributed by atoms with van der Waals surface area (Å²) >= 11 is 2.88. The number of rotatable bonds is 6. The van der Waals surface area contributed by atoms with Gasteiger partial charge in [0.05, 0.1) is 36.7 Å². The molecule has 0 fully saturated rings. The van der Waals surface area contributed by atoms with E-state index in [1.807, 2.05) is 6.07 Å². The lowest BCUT2D eigenvalue weighted by molar-refractivity contribution is -0.118. The first-order valence-corrected chi connectivity index (χ1v) is 10.9. The number of amides is 1. The molecule has 3 aromatic heterocycles. The number of ether oxygens (including phenoxy) is 1. The lowest BCUT2D eigenvalue weighted by atomic mass is 9.96. The number of furan rings is 1. The van der Waals surface area contributed by atoms with Crippen LogP contribution in [0.25, 0.3) is 10.2 Å². The van der Waals surface area contributed by atoms with Gasteiger partial charge in [0, 0.05) is 11.3 Å². The van der Waals surface area contributed by atoms with Crippen LogP contribution in [-0.4, -0.2) is 27.7 Å². The fourth-order valence-corrected chi connectivity index (χ4v) is 5.03. The molecule has 0 saturated carbocycles. The maximum Gasteiger partial charge on any atom is 0.230 e. The Morgan fingerprint density at radius 3 is 3.07 bits per heavy atom. The number of nitrogens with two attached hydrogens (primary N) is 1. The molecule has 0 spiro atoms. The van der Waals surface area contributed by atoms with Crippen molar-refractivity contribution in [3.8, 4) is 0 Å². The molecule has 1 amide bonds. The van der Waals surface area contributed by atoms with Crippen LogP contribution >= 0.6 is 23.1 Å². The van der Waals surface area contributed by atoms with Crippen molar-refractivity contribution in [2.45, 2.75) is 44.7 Å². The van der Waals surface area contributed by atoms with Crippen molar-refractivity contribution in [3.63, 3.8) is 0 Å². The number of carbonyl (C=O) groups is 1. The van der Waals surface area contributed by atoms with Crippen LogP contribution in [0.2, 0.25) is 0 Å². The van der Waals surface area contributed by atoms with Gasteiger partial charge in [-0.1, -0.05) is 25.6 Å². The molecular formula is C19H22N4O3S2. The van der Waals surface area contributed by atoms with Gasteiger partial charge in [0.1, 0.15) is 16.4 Å². The summed E-state index contributed by atoms with van der Waals surface area (Å²) in [4.78, 5) is 23.1. The normalized spacial score (nSPS) is 16.5. The zero-order valence-corrected chi connectivity index (χ0v) is 17.4. The molecule has 4 heterocycles. The second-order valence-corrected chi connectivity index (χ2v) is 9.04. The highest BCUT2D eigenvalue weighted by Crippen LogP contribution is 2.39. The van der Waals surface area contributed by atoms with Crippen molar-refractivity contribution in [2.24, 2.45) is 5.92 Å². The van der Waals surface area contributed by atoms with Crippen LogP contribution in [0.15, 0.2) is 28.0 Å². The average molecular weight is 419 g/mol. The molecule has 0 radical (unpaired) electrons. The second-order valence-electron chi connectivity index (χ2n) is 7.02. The summed E-state index contributed by atoms with van der Waals surface area (Å²) in [6.07, 6.45) is 2.61. The Hall–Kier alpha value is -2.10. The summed E-state index contributed by atoms with van der Waals surface area (Å²) in [6, 6.07) is 3.61. The van der Waals surface area contributed by atoms with E-state index in [-0.39, 0.29) is 17.8 Å². The maximum atomic E-state index is 12.0. The molecule has 148 valence electrons. The van der Waals surface area contributed by atoms with Crippen molar-refractivity contribution in [1.29, 1.82) is 0 Å². The number of nitrogens with zero attached hydrogens (tertiary/aromatic N) is 2. The molecular weight excluding hydrogens is 396 g/mol. The standard InChI is InChI=1S/C19H22N4O3S2/c1-10(2)13-6-12-14(8-26-13)28-18-16(12)17(20)22-19(23-18)27-9-15(24)21-7-11-4-3-5-25-11/h3-5,10,13H,6-9H2,1-2H3,(H,21,24)(H2,20,22,23)/t13-/m0/s1. The number of hydrogen-bond donors (Lipinski definition) is 2. The van der Waals surface area contributed by atoms with Crippen LogP contribution in [-0.2, 0) is 29.1 Å². The molecule has 0 bridgehead atoms. The Morgan fingerprint density at radius 1 is 1.46 bits per heavy atom. The van der Waals surface area contributed by atoms with Crippen molar-refractivity contribution >= 4 is 45.0 Å². The lowest BCUT2D eigenvalue weighted by Gasteiger charge is -2.26. The number of nitrogen functional groups attached to an aromatic ring is 1. The molecule has 0 unspecified atom stereocenters. The van der Waals surface area contributed by atoms with Gasteiger partial charge >= 0.3 is 0 Å². The van der Waals surface area contributed by atoms with Crippen molar-refractivity contribution < 1.29 is 13.9 Å². The molecule has 1 atom stereocenters. The lowest BCUT2D eigenvalue weighted by Crippen LogP contribution is -2.26. The van der Waals surface area contributed by atoms with E-state index in [1.165, 1.54) is 22.2 Å². The van der Waals surface area contributed by atoms with Crippen LogP contribution in [0.5, 0.6) is 0 Å². The first kappa shape index (κ1) is 19.2. The molecule has 3 N–H and O–H groups in total. The quantitative estimate of drug-likeness (QED) is 0.467. The van der Waals surface area contributed by atoms with Gasteiger partial charge in [0.15, 0.2) is 5.16 Å². The molecule has 7 nitrogen and oxygen atoms in total. The first-order chi connectivity index (χ1) is 13.5. The minimum atomic E-state index is -0.109. The third kappa shape index (κ3) is 4.01. The van der Waals surface area contributed by atoms with Gasteiger partial charge in [0.25, 0.3) is 0 Å². The van der Waals surface area contributed by atoms with E-state index in [1.54, 1.807) is 23.7 Å². The largest absolute Gasteiger partial charge is 0.467 e. The van der Waals surface area contributed by atoms with E-state index in [4.69, 9.17) is 14.9 Å². The Morgan fingerprint density at radius 2 is 2.32 bits per heavy atom. The Bertz CT molecular complexity index is 985. The zero-order chi connectivity index (χ0) is 19.7. The third-order valence-corrected chi connectivity index (χ3v) is 6.64. The van der Waals surface area contributed by atoms with E-state index in [9.17, 15) is 4.79 Å². The summed E-state index contributed by atoms with van der Waals surface area (Å²) in [7, 11) is 0. The maximum absolute atomic E-state index is 12.0. The van der Waals surface area contributed by atoms with E-state index in [0.29, 0.717) is 35.8 Å². The van der Waals surface area contributed by atoms with Gasteiger partial charge in [-0.3, -0.25) is 4.79 Å². The number of hydrogen-bond acceptors (Lipinski definition) is 8. The summed E-state index contributed by atoms with van der Waals surface area (Å²) < 4.78 is 11.2. The zero-order valence-electron chi connectivity index (χ0n) is 15.7. The van der Waals surface area contributed by atoms with Gasteiger partial charge in [0.2, 0.25) is 5.91 Å². The van der Waals surface area contributed by atoms with Gasteiger partial charge in [-0.25, -0.2) is 9.97 Å². The van der Waals surface area contributed by atoms with E-state index in [0.717, 1.165) is 16.6 Å². The molecule has 4 rings (SSSR count). The predicted octanol–water partition coefficient (Wildman–Crippen LogP) is 3.37. The van der Waals surface area contributed by atoms with E-state index < -0.39 is 0 Å². The minimum Gasteiger partial charge on any atom is -0.467 e. The number of thioether (sulfide) groups is 1. The van der Waals surface area contributed by atoms with Gasteiger partial charge in [-0.2, -0.15) is 0 Å².